The summed E-state index contributed by atoms with van der Waals surface area (Å²) in [6.07, 6.45) is 11.9. The van der Waals surface area contributed by atoms with E-state index in [1.54, 1.807) is 6.92 Å². The first-order chi connectivity index (χ1) is 18.9. The van der Waals surface area contributed by atoms with Gasteiger partial charge in [0.15, 0.2) is 0 Å². The molecule has 2 aromatic rings. The minimum atomic E-state index is -0.519. The molecule has 7 rings (SSSR count). The van der Waals surface area contributed by atoms with Crippen molar-refractivity contribution in [3.63, 3.8) is 0 Å². The number of hydrogen-bond acceptors (Lipinski definition) is 5. The molecule has 202 valence electrons. The third kappa shape index (κ3) is 4.55. The Morgan fingerprint density at radius 1 is 1.08 bits per heavy atom. The Morgan fingerprint density at radius 3 is 2.36 bits per heavy atom. The smallest absolute Gasteiger partial charge is 0.271 e. The van der Waals surface area contributed by atoms with Gasteiger partial charge in [0.05, 0.1) is 11.4 Å². The number of hydrogen-bond donors (Lipinski definition) is 0. The maximum absolute atomic E-state index is 13.7. The monoisotopic (exact) mass is 524 g/mol. The third-order valence-corrected chi connectivity index (χ3v) is 9.30. The van der Waals surface area contributed by atoms with Gasteiger partial charge in [-0.15, -0.1) is 0 Å². The Bertz CT molecular complexity index is 1360. The molecule has 0 unspecified atom stereocenters. The topological polar surface area (TPSA) is 88.2 Å². The number of para-hydroxylation sites is 1. The maximum Gasteiger partial charge on any atom is 0.271 e. The highest BCUT2D eigenvalue weighted by atomic mass is 16.5. The van der Waals surface area contributed by atoms with Crippen molar-refractivity contribution in [3.05, 3.63) is 64.5 Å². The lowest BCUT2D eigenvalue weighted by molar-refractivity contribution is -0.140. The van der Waals surface area contributed by atoms with Gasteiger partial charge in [0.25, 0.3) is 11.8 Å². The van der Waals surface area contributed by atoms with Crippen molar-refractivity contribution in [1.29, 1.82) is 5.26 Å². The Hall–Kier alpha value is -3.50. The van der Waals surface area contributed by atoms with Crippen molar-refractivity contribution in [2.45, 2.75) is 64.2 Å². The molecule has 4 fully saturated rings. The van der Waals surface area contributed by atoms with Gasteiger partial charge in [-0.1, -0.05) is 18.2 Å². The van der Waals surface area contributed by atoms with Crippen LogP contribution in [-0.2, 0) is 19.7 Å². The van der Waals surface area contributed by atoms with Crippen LogP contribution < -0.4 is 0 Å². The number of imide groups is 1. The number of carbonyl (C=O) groups is 2. The van der Waals surface area contributed by atoms with Crippen molar-refractivity contribution in [2.24, 2.45) is 17.8 Å². The molecule has 1 aliphatic heterocycles. The van der Waals surface area contributed by atoms with Gasteiger partial charge in [-0.05, 0) is 100 Å². The summed E-state index contributed by atoms with van der Waals surface area (Å²) in [6, 6.07) is 12.1. The van der Waals surface area contributed by atoms with Crippen molar-refractivity contribution in [2.75, 3.05) is 19.8 Å². The van der Waals surface area contributed by atoms with Gasteiger partial charge < -0.3 is 4.74 Å². The van der Waals surface area contributed by atoms with E-state index in [1.807, 2.05) is 54.2 Å². The predicted molar refractivity (Wildman–Crippen MR) is 148 cm³/mol. The molecule has 1 aromatic heterocycles. The maximum atomic E-state index is 13.7. The minimum Gasteiger partial charge on any atom is -0.382 e. The molecule has 4 aliphatic carbocycles. The molecule has 0 spiro atoms. The van der Waals surface area contributed by atoms with E-state index >= 15 is 0 Å². The molecule has 5 aliphatic rings. The molecular weight excluding hydrogens is 488 g/mol. The van der Waals surface area contributed by atoms with E-state index in [1.165, 1.54) is 24.2 Å². The summed E-state index contributed by atoms with van der Waals surface area (Å²) in [4.78, 5) is 28.0. The highest BCUT2D eigenvalue weighted by Crippen LogP contribution is 2.61. The number of ether oxygens (including phenoxy) is 1. The summed E-state index contributed by atoms with van der Waals surface area (Å²) >= 11 is 0. The number of carbonyl (C=O) groups excluding carboxylic acids is 2. The molecule has 0 radical (unpaired) electrons. The first-order valence-corrected chi connectivity index (χ1v) is 14.3. The van der Waals surface area contributed by atoms with Gasteiger partial charge in [0, 0.05) is 42.5 Å². The zero-order valence-electron chi connectivity index (χ0n) is 22.9. The van der Waals surface area contributed by atoms with Crippen LogP contribution in [0.3, 0.4) is 0 Å². The van der Waals surface area contributed by atoms with Gasteiger partial charge in [0.1, 0.15) is 11.6 Å². The van der Waals surface area contributed by atoms with Crippen LogP contribution in [0.5, 0.6) is 0 Å². The van der Waals surface area contributed by atoms with E-state index in [0.29, 0.717) is 30.8 Å². The van der Waals surface area contributed by atoms with E-state index in [2.05, 4.69) is 6.07 Å². The lowest BCUT2D eigenvalue weighted by Crippen LogP contribution is -2.49. The Morgan fingerprint density at radius 2 is 1.74 bits per heavy atom. The summed E-state index contributed by atoms with van der Waals surface area (Å²) in [5, 5.41) is 15.1. The molecule has 4 saturated carbocycles. The summed E-state index contributed by atoms with van der Waals surface area (Å²) < 4.78 is 7.35. The second kappa shape index (κ2) is 10.2. The van der Waals surface area contributed by atoms with Crippen LogP contribution in [0.15, 0.2) is 53.2 Å². The van der Waals surface area contributed by atoms with Gasteiger partial charge in [-0.25, -0.2) is 4.68 Å². The third-order valence-electron chi connectivity index (χ3n) is 9.30. The van der Waals surface area contributed by atoms with E-state index < -0.39 is 5.91 Å². The fourth-order valence-electron chi connectivity index (χ4n) is 7.98. The Balaban J connectivity index is 1.44. The predicted octanol–water partition coefficient (Wildman–Crippen LogP) is 5.36. The average molecular weight is 525 g/mol. The molecule has 0 atom stereocenters. The molecule has 7 nitrogen and oxygen atoms in total. The molecular formula is C32H36N4O3. The van der Waals surface area contributed by atoms with Crippen LogP contribution >= 0.6 is 0 Å². The fraction of sp³-hybridized carbons (Fsp3) is 0.500. The van der Waals surface area contributed by atoms with Gasteiger partial charge in [-0.3, -0.25) is 14.5 Å². The molecule has 7 heteroatoms. The number of benzene rings is 1. The number of nitriles is 1. The zero-order chi connectivity index (χ0) is 27.1. The Kier molecular flexibility index (Phi) is 6.76. The summed E-state index contributed by atoms with van der Waals surface area (Å²) in [7, 11) is 0. The summed E-state index contributed by atoms with van der Waals surface area (Å²) in [6.45, 7) is 4.88. The quantitative estimate of drug-likeness (QED) is 0.264. The second-order valence-electron chi connectivity index (χ2n) is 11.9. The second-order valence-corrected chi connectivity index (χ2v) is 11.9. The first kappa shape index (κ1) is 25.8. The van der Waals surface area contributed by atoms with E-state index in [-0.39, 0.29) is 23.4 Å². The van der Waals surface area contributed by atoms with Gasteiger partial charge in [0.2, 0.25) is 0 Å². The van der Waals surface area contributed by atoms with Crippen molar-refractivity contribution in [1.82, 2.24) is 14.7 Å². The average Bonchev–Trinajstić information content (AvgIpc) is 3.36. The van der Waals surface area contributed by atoms with Crippen molar-refractivity contribution in [3.8, 4) is 11.8 Å². The minimum absolute atomic E-state index is 0.0154. The molecule has 2 heterocycles. The number of rotatable bonds is 8. The normalized spacial score (nSPS) is 29.0. The Labute approximate surface area is 230 Å². The highest BCUT2D eigenvalue weighted by Gasteiger charge is 2.53. The molecule has 4 bridgehead atoms. The molecule has 1 aromatic carbocycles. The van der Waals surface area contributed by atoms with Crippen LogP contribution in [-0.4, -0.2) is 46.3 Å². The molecule has 2 amide bonds. The zero-order valence-corrected chi connectivity index (χ0v) is 22.9. The van der Waals surface area contributed by atoms with E-state index in [4.69, 9.17) is 9.84 Å². The van der Waals surface area contributed by atoms with Crippen LogP contribution in [0.4, 0.5) is 0 Å². The fourth-order valence-corrected chi connectivity index (χ4v) is 7.98. The van der Waals surface area contributed by atoms with Gasteiger partial charge >= 0.3 is 0 Å². The van der Waals surface area contributed by atoms with Crippen LogP contribution in [0, 0.1) is 29.1 Å². The van der Waals surface area contributed by atoms with Crippen molar-refractivity contribution >= 4 is 17.9 Å². The molecule has 39 heavy (non-hydrogen) atoms. The summed E-state index contributed by atoms with van der Waals surface area (Å²) in [5.41, 5.74) is 3.85. The van der Waals surface area contributed by atoms with E-state index in [0.717, 1.165) is 54.0 Å². The number of amides is 2. The number of aromatic nitrogens is 2. The summed E-state index contributed by atoms with van der Waals surface area (Å²) in [5.74, 6) is 1.38. The molecule has 0 saturated heterocycles. The van der Waals surface area contributed by atoms with Crippen LogP contribution in [0.25, 0.3) is 11.8 Å². The van der Waals surface area contributed by atoms with Crippen molar-refractivity contribution < 1.29 is 14.3 Å². The first-order valence-electron chi connectivity index (χ1n) is 14.3. The lowest BCUT2D eigenvalue weighted by Gasteiger charge is -2.56. The standard InChI is InChI=1S/C32H36N4O3/c1-3-39-11-7-10-35-30(37)27(21(2)28(19-33)31(35)38)15-25-20-36(26-8-5-4-6-9-26)34-29(25)32-16-22-12-23(17-32)14-24(13-22)18-32/h4-6,8-9,15,20,22-24H,3,7,10-14,16-18H2,1-2H3/b27-15+. The highest BCUT2D eigenvalue weighted by molar-refractivity contribution is 6.19. The lowest BCUT2D eigenvalue weighted by atomic mass is 9.48. The van der Waals surface area contributed by atoms with Crippen LogP contribution in [0.2, 0.25) is 0 Å². The van der Waals surface area contributed by atoms with E-state index in [9.17, 15) is 14.9 Å². The number of nitrogens with zero attached hydrogens (tertiary/aromatic N) is 4. The largest absolute Gasteiger partial charge is 0.382 e. The SMILES string of the molecule is CCOCCCN1C(=O)C(C#N)=C(C)/C(=C\c2cn(-c3ccccc3)nc2C23CC4CC(CC(C4)C2)C3)C1=O. The van der Waals surface area contributed by atoms with Gasteiger partial charge in [-0.2, -0.15) is 10.4 Å². The van der Waals surface area contributed by atoms with Crippen LogP contribution in [0.1, 0.15) is 70.1 Å². The molecule has 0 N–H and O–H groups in total.